The third-order valence-corrected chi connectivity index (χ3v) is 6.44. The minimum absolute atomic E-state index is 0.134. The number of ketones is 1. The summed E-state index contributed by atoms with van der Waals surface area (Å²) in [5.74, 6) is -1.36. The summed E-state index contributed by atoms with van der Waals surface area (Å²) < 4.78 is 5.93. The van der Waals surface area contributed by atoms with Gasteiger partial charge in [0.1, 0.15) is 6.10 Å². The number of aryl methyl sites for hydroxylation is 3. The third-order valence-electron chi connectivity index (χ3n) is 5.45. The highest BCUT2D eigenvalue weighted by Crippen LogP contribution is 2.48. The van der Waals surface area contributed by atoms with Crippen molar-refractivity contribution in [1.82, 2.24) is 0 Å². The first kappa shape index (κ1) is 20.6. The molecular formula is C25H20Cl2O3. The van der Waals surface area contributed by atoms with Crippen molar-refractivity contribution in [3.8, 4) is 0 Å². The van der Waals surface area contributed by atoms with Gasteiger partial charge in [-0.1, -0.05) is 76.8 Å². The normalized spacial score (nSPS) is 17.7. The van der Waals surface area contributed by atoms with Crippen LogP contribution in [0.25, 0.3) is 0 Å². The molecule has 0 amide bonds. The van der Waals surface area contributed by atoms with E-state index in [4.69, 9.17) is 27.9 Å². The maximum atomic E-state index is 13.3. The van der Waals surface area contributed by atoms with Gasteiger partial charge in [-0.3, -0.25) is 4.79 Å². The molecule has 0 bridgehead atoms. The monoisotopic (exact) mass is 438 g/mol. The van der Waals surface area contributed by atoms with Gasteiger partial charge in [-0.2, -0.15) is 0 Å². The first-order valence-electron chi connectivity index (χ1n) is 9.65. The second kappa shape index (κ2) is 7.90. The van der Waals surface area contributed by atoms with Crippen molar-refractivity contribution in [1.29, 1.82) is 0 Å². The minimum atomic E-state index is -0.779. The molecule has 3 aromatic carbocycles. The predicted octanol–water partition coefficient (Wildman–Crippen LogP) is 6.80. The van der Waals surface area contributed by atoms with E-state index in [0.717, 1.165) is 16.7 Å². The van der Waals surface area contributed by atoms with Crippen molar-refractivity contribution >= 4 is 35.0 Å². The number of hydrogen-bond donors (Lipinski definition) is 0. The third kappa shape index (κ3) is 3.53. The Labute approximate surface area is 185 Å². The molecular weight excluding hydrogens is 419 g/mol. The number of fused-ring (bicyclic) bond motifs is 1. The molecule has 0 heterocycles. The summed E-state index contributed by atoms with van der Waals surface area (Å²) in [5.41, 5.74) is 4.98. The maximum Gasteiger partial charge on any atom is 0.338 e. The number of hydrogen-bond acceptors (Lipinski definition) is 3. The Hall–Kier alpha value is -2.62. The van der Waals surface area contributed by atoms with Crippen LogP contribution in [0.15, 0.2) is 54.6 Å². The van der Waals surface area contributed by atoms with Gasteiger partial charge in [0.05, 0.1) is 21.5 Å². The number of rotatable bonds is 3. The lowest BCUT2D eigenvalue weighted by molar-refractivity contribution is 0.0258. The second-order valence-electron chi connectivity index (χ2n) is 7.73. The molecule has 0 saturated heterocycles. The molecule has 152 valence electrons. The van der Waals surface area contributed by atoms with Crippen LogP contribution >= 0.6 is 23.2 Å². The van der Waals surface area contributed by atoms with Crippen molar-refractivity contribution in [2.24, 2.45) is 0 Å². The Balaban J connectivity index is 1.79. The smallest absolute Gasteiger partial charge is 0.338 e. The molecule has 0 N–H and O–H groups in total. The van der Waals surface area contributed by atoms with E-state index >= 15 is 0 Å². The lowest BCUT2D eigenvalue weighted by Gasteiger charge is -2.22. The molecule has 3 nitrogen and oxygen atoms in total. The average molecular weight is 439 g/mol. The molecule has 3 aromatic rings. The van der Waals surface area contributed by atoms with Gasteiger partial charge in [-0.25, -0.2) is 4.79 Å². The lowest BCUT2D eigenvalue weighted by atomic mass is 9.92. The largest absolute Gasteiger partial charge is 0.453 e. The first-order chi connectivity index (χ1) is 14.3. The molecule has 2 atom stereocenters. The summed E-state index contributed by atoms with van der Waals surface area (Å²) >= 11 is 12.9. The summed E-state index contributed by atoms with van der Waals surface area (Å²) in [5, 5.41) is 0.715. The van der Waals surface area contributed by atoms with E-state index in [1.807, 2.05) is 45.0 Å². The van der Waals surface area contributed by atoms with Crippen molar-refractivity contribution < 1.29 is 14.3 Å². The van der Waals surface area contributed by atoms with Gasteiger partial charge >= 0.3 is 5.97 Å². The van der Waals surface area contributed by atoms with Crippen molar-refractivity contribution in [2.45, 2.75) is 32.8 Å². The number of benzene rings is 3. The molecule has 4 rings (SSSR count). The Morgan fingerprint density at radius 1 is 0.867 bits per heavy atom. The highest BCUT2D eigenvalue weighted by Gasteiger charge is 2.44. The Morgan fingerprint density at radius 3 is 2.23 bits per heavy atom. The highest BCUT2D eigenvalue weighted by atomic mass is 35.5. The van der Waals surface area contributed by atoms with Crippen LogP contribution in [-0.4, -0.2) is 11.8 Å². The van der Waals surface area contributed by atoms with Crippen LogP contribution in [0.5, 0.6) is 0 Å². The van der Waals surface area contributed by atoms with E-state index in [-0.39, 0.29) is 5.78 Å². The van der Waals surface area contributed by atoms with Gasteiger partial charge in [0.2, 0.25) is 0 Å². The summed E-state index contributed by atoms with van der Waals surface area (Å²) in [7, 11) is 0. The van der Waals surface area contributed by atoms with Crippen molar-refractivity contribution in [3.63, 3.8) is 0 Å². The Kier molecular flexibility index (Phi) is 5.44. The molecule has 0 spiro atoms. The first-order valence-corrected chi connectivity index (χ1v) is 10.4. The zero-order valence-electron chi connectivity index (χ0n) is 16.8. The molecule has 5 heteroatoms. The van der Waals surface area contributed by atoms with Crippen molar-refractivity contribution in [2.75, 3.05) is 0 Å². The molecule has 0 radical (unpaired) electrons. The molecule has 1 aliphatic carbocycles. The molecule has 0 aromatic heterocycles. The SMILES string of the molecule is Cc1cc(C)cc(C(=O)OC2c3ccccc3C(=O)C2c2ccc(C)c(Cl)c2Cl)c1. The van der Waals surface area contributed by atoms with E-state index < -0.39 is 18.0 Å². The molecule has 30 heavy (non-hydrogen) atoms. The number of carbonyl (C=O) groups excluding carboxylic acids is 2. The van der Waals surface area contributed by atoms with Crippen LogP contribution in [0.2, 0.25) is 10.0 Å². The standard InChI is InChI=1S/C25H20Cl2O3/c1-13-10-14(2)12-16(11-13)25(29)30-24-18-7-5-4-6-17(18)23(28)20(24)19-9-8-15(3)21(26)22(19)27/h4-12,20,24H,1-3H3. The van der Waals surface area contributed by atoms with E-state index in [0.29, 0.717) is 32.3 Å². The summed E-state index contributed by atoms with van der Waals surface area (Å²) in [6.07, 6.45) is -0.779. The second-order valence-corrected chi connectivity index (χ2v) is 8.49. The number of carbonyl (C=O) groups is 2. The fourth-order valence-corrected chi connectivity index (χ4v) is 4.57. The van der Waals surface area contributed by atoms with Crippen molar-refractivity contribution in [3.05, 3.63) is 104 Å². The topological polar surface area (TPSA) is 43.4 Å². The van der Waals surface area contributed by atoms with Gasteiger partial charge in [-0.05, 0) is 44.0 Å². The van der Waals surface area contributed by atoms with Gasteiger partial charge in [0.15, 0.2) is 5.78 Å². The van der Waals surface area contributed by atoms with Crippen LogP contribution in [0.3, 0.4) is 0 Å². The zero-order chi connectivity index (χ0) is 21.6. The van der Waals surface area contributed by atoms with E-state index in [1.165, 1.54) is 0 Å². The zero-order valence-corrected chi connectivity index (χ0v) is 18.3. The maximum absolute atomic E-state index is 13.3. The molecule has 1 aliphatic rings. The Bertz CT molecular complexity index is 1160. The number of Topliss-reactive ketones (excluding diaryl/α,β-unsaturated/α-hetero) is 1. The van der Waals surface area contributed by atoms with Gasteiger partial charge in [0, 0.05) is 11.1 Å². The van der Waals surface area contributed by atoms with E-state index in [9.17, 15) is 9.59 Å². The molecule has 2 unspecified atom stereocenters. The average Bonchev–Trinajstić information content (AvgIpc) is 2.98. The number of esters is 1. The van der Waals surface area contributed by atoms with Crippen LogP contribution in [0.1, 0.15) is 60.6 Å². The van der Waals surface area contributed by atoms with Gasteiger partial charge < -0.3 is 4.74 Å². The van der Waals surface area contributed by atoms with E-state index in [1.54, 1.807) is 30.3 Å². The fraction of sp³-hybridized carbons (Fsp3) is 0.200. The highest BCUT2D eigenvalue weighted by molar-refractivity contribution is 6.43. The Morgan fingerprint density at radius 2 is 1.53 bits per heavy atom. The van der Waals surface area contributed by atoms with Gasteiger partial charge in [-0.15, -0.1) is 0 Å². The van der Waals surface area contributed by atoms with Crippen LogP contribution in [0.4, 0.5) is 0 Å². The van der Waals surface area contributed by atoms with Gasteiger partial charge in [0.25, 0.3) is 0 Å². The van der Waals surface area contributed by atoms with Crippen LogP contribution < -0.4 is 0 Å². The number of halogens is 2. The predicted molar refractivity (Wildman–Crippen MR) is 119 cm³/mol. The van der Waals surface area contributed by atoms with E-state index in [2.05, 4.69) is 0 Å². The molecule has 0 fully saturated rings. The quantitative estimate of drug-likeness (QED) is 0.422. The molecule has 0 aliphatic heterocycles. The number of ether oxygens (including phenoxy) is 1. The lowest BCUT2D eigenvalue weighted by Crippen LogP contribution is -2.19. The molecule has 0 saturated carbocycles. The fourth-order valence-electron chi connectivity index (χ4n) is 4.07. The summed E-state index contributed by atoms with van der Waals surface area (Å²) in [6, 6.07) is 16.3. The van der Waals surface area contributed by atoms with Crippen LogP contribution in [0, 0.1) is 20.8 Å². The minimum Gasteiger partial charge on any atom is -0.453 e. The van der Waals surface area contributed by atoms with Crippen LogP contribution in [-0.2, 0) is 4.74 Å². The summed E-state index contributed by atoms with van der Waals surface area (Å²) in [4.78, 5) is 26.3. The summed E-state index contributed by atoms with van der Waals surface area (Å²) in [6.45, 7) is 5.70.